The molecule has 0 spiro atoms. The van der Waals surface area contributed by atoms with Crippen molar-refractivity contribution in [3.8, 4) is 6.07 Å². The molecule has 1 aliphatic rings. The second kappa shape index (κ2) is 11.7. The summed E-state index contributed by atoms with van der Waals surface area (Å²) in [7, 11) is -4.06. The van der Waals surface area contributed by atoms with Gasteiger partial charge in [0.25, 0.3) is 5.91 Å². The van der Waals surface area contributed by atoms with Gasteiger partial charge in [0.15, 0.2) is 0 Å². The number of rotatable bonds is 7. The molecule has 1 heterocycles. The van der Waals surface area contributed by atoms with Gasteiger partial charge >= 0.3 is 0 Å². The molecule has 0 aliphatic carbocycles. The van der Waals surface area contributed by atoms with E-state index >= 15 is 0 Å². The number of benzene rings is 4. The van der Waals surface area contributed by atoms with E-state index in [-0.39, 0.29) is 36.2 Å². The monoisotopic (exact) mass is 552 g/mol. The van der Waals surface area contributed by atoms with Crippen molar-refractivity contribution in [3.63, 3.8) is 0 Å². The Labute approximate surface area is 233 Å². The average Bonchev–Trinajstić information content (AvgIpc) is 3.00. The molecule has 0 bridgehead atoms. The van der Waals surface area contributed by atoms with Crippen LogP contribution in [0.1, 0.15) is 21.5 Å². The predicted octanol–water partition coefficient (Wildman–Crippen LogP) is 3.59. The van der Waals surface area contributed by atoms with Crippen molar-refractivity contribution >= 4 is 32.6 Å². The number of carbonyl (C=O) groups excluding carboxylic acids is 2. The van der Waals surface area contributed by atoms with Crippen LogP contribution in [-0.4, -0.2) is 62.3 Å². The molecule has 1 atom stereocenters. The van der Waals surface area contributed by atoms with E-state index in [9.17, 15) is 23.3 Å². The molecule has 202 valence electrons. The van der Waals surface area contributed by atoms with Crippen molar-refractivity contribution < 1.29 is 18.0 Å². The minimum absolute atomic E-state index is 0.0630. The first-order valence-electron chi connectivity index (χ1n) is 13.0. The van der Waals surface area contributed by atoms with E-state index in [0.717, 1.165) is 10.8 Å². The summed E-state index contributed by atoms with van der Waals surface area (Å²) in [6.45, 7) is 1.24. The normalized spacial score (nSPS) is 14.5. The van der Waals surface area contributed by atoms with Crippen molar-refractivity contribution in [1.29, 1.82) is 5.26 Å². The van der Waals surface area contributed by atoms with Gasteiger partial charge in [-0.15, -0.1) is 0 Å². The SMILES string of the molecule is N#Cc1cccc(CC(NS(=O)(=O)c2ccc3ccccc3c2)C(=O)N2CCN(C(=O)c3ccccc3)CC2)c1. The predicted molar refractivity (Wildman–Crippen MR) is 152 cm³/mol. The standard InChI is InChI=1S/C31H28N4O4S/c32-22-24-8-6-7-23(19-24)20-29(33-40(38,39)28-14-13-25-9-4-5-12-27(25)21-28)31(37)35-17-15-34(16-18-35)30(36)26-10-2-1-3-11-26/h1-14,19,21,29,33H,15-18,20H2. The van der Waals surface area contributed by atoms with Crippen LogP contribution in [0.5, 0.6) is 0 Å². The van der Waals surface area contributed by atoms with Crippen molar-refractivity contribution in [2.75, 3.05) is 26.2 Å². The number of amides is 2. The van der Waals surface area contributed by atoms with Gasteiger partial charge in [0.2, 0.25) is 15.9 Å². The molecular weight excluding hydrogens is 524 g/mol. The quantitative estimate of drug-likeness (QED) is 0.377. The topological polar surface area (TPSA) is 111 Å². The van der Waals surface area contributed by atoms with Crippen LogP contribution < -0.4 is 4.72 Å². The molecule has 40 heavy (non-hydrogen) atoms. The third kappa shape index (κ3) is 6.04. The van der Waals surface area contributed by atoms with Crippen LogP contribution in [0.2, 0.25) is 0 Å². The van der Waals surface area contributed by atoms with Gasteiger partial charge in [0, 0.05) is 31.7 Å². The summed E-state index contributed by atoms with van der Waals surface area (Å²) in [5, 5.41) is 11.0. The summed E-state index contributed by atoms with van der Waals surface area (Å²) in [6, 6.07) is 29.0. The van der Waals surface area contributed by atoms with Crippen LogP contribution in [0.15, 0.2) is 102 Å². The van der Waals surface area contributed by atoms with Gasteiger partial charge in [-0.25, -0.2) is 8.42 Å². The third-order valence-corrected chi connectivity index (χ3v) is 8.49. The average molecular weight is 553 g/mol. The number of nitrogens with zero attached hydrogens (tertiary/aromatic N) is 3. The molecule has 0 radical (unpaired) electrons. The smallest absolute Gasteiger partial charge is 0.253 e. The van der Waals surface area contributed by atoms with E-state index < -0.39 is 16.1 Å². The second-order valence-corrected chi connectivity index (χ2v) is 11.4. The van der Waals surface area contributed by atoms with E-state index in [1.807, 2.05) is 30.3 Å². The highest BCUT2D eigenvalue weighted by Crippen LogP contribution is 2.20. The summed E-state index contributed by atoms with van der Waals surface area (Å²) in [5.41, 5.74) is 1.67. The molecule has 4 aromatic carbocycles. The van der Waals surface area contributed by atoms with Crippen LogP contribution in [-0.2, 0) is 21.2 Å². The Kier molecular flexibility index (Phi) is 7.91. The molecule has 8 nitrogen and oxygen atoms in total. The van der Waals surface area contributed by atoms with Gasteiger partial charge in [-0.2, -0.15) is 9.98 Å². The molecule has 0 saturated carbocycles. The third-order valence-electron chi connectivity index (χ3n) is 7.02. The second-order valence-electron chi connectivity index (χ2n) is 9.68. The maximum Gasteiger partial charge on any atom is 0.253 e. The fraction of sp³-hybridized carbons (Fsp3) is 0.194. The van der Waals surface area contributed by atoms with Crippen molar-refractivity contribution in [2.24, 2.45) is 0 Å². The van der Waals surface area contributed by atoms with E-state index in [1.54, 1.807) is 70.5 Å². The molecule has 1 N–H and O–H groups in total. The number of nitriles is 1. The first-order chi connectivity index (χ1) is 19.3. The zero-order chi connectivity index (χ0) is 28.1. The van der Waals surface area contributed by atoms with Crippen LogP contribution in [0.4, 0.5) is 0 Å². The van der Waals surface area contributed by atoms with Gasteiger partial charge in [0.1, 0.15) is 6.04 Å². The molecule has 0 aromatic heterocycles. The van der Waals surface area contributed by atoms with Gasteiger partial charge in [0.05, 0.1) is 16.5 Å². The minimum atomic E-state index is -4.06. The summed E-state index contributed by atoms with van der Waals surface area (Å²) in [4.78, 5) is 30.0. The van der Waals surface area contributed by atoms with Gasteiger partial charge in [-0.05, 0) is 59.2 Å². The van der Waals surface area contributed by atoms with Crippen molar-refractivity contribution in [1.82, 2.24) is 14.5 Å². The number of hydrogen-bond acceptors (Lipinski definition) is 5. The maximum atomic E-state index is 13.8. The Morgan fingerprint density at radius 1 is 0.800 bits per heavy atom. The fourth-order valence-electron chi connectivity index (χ4n) is 4.89. The van der Waals surface area contributed by atoms with Crippen LogP contribution in [0, 0.1) is 11.3 Å². The first-order valence-corrected chi connectivity index (χ1v) is 14.5. The molecule has 1 aliphatic heterocycles. The van der Waals surface area contributed by atoms with E-state index in [1.165, 1.54) is 6.07 Å². The number of hydrogen-bond donors (Lipinski definition) is 1. The van der Waals surface area contributed by atoms with Crippen LogP contribution >= 0.6 is 0 Å². The molecular formula is C31H28N4O4S. The summed E-state index contributed by atoms with van der Waals surface area (Å²) in [5.74, 6) is -0.479. The molecule has 5 rings (SSSR count). The molecule has 4 aromatic rings. The Hall–Kier alpha value is -4.52. The lowest BCUT2D eigenvalue weighted by Gasteiger charge is -2.36. The molecule has 1 saturated heterocycles. The number of sulfonamides is 1. The number of nitrogens with one attached hydrogen (secondary N) is 1. The Morgan fingerprint density at radius 2 is 1.48 bits per heavy atom. The van der Waals surface area contributed by atoms with Gasteiger partial charge < -0.3 is 9.80 Å². The van der Waals surface area contributed by atoms with E-state index in [4.69, 9.17) is 0 Å². The Morgan fingerprint density at radius 3 is 2.20 bits per heavy atom. The number of fused-ring (bicyclic) bond motifs is 1. The number of carbonyl (C=O) groups is 2. The summed E-state index contributed by atoms with van der Waals surface area (Å²) < 4.78 is 29.6. The van der Waals surface area contributed by atoms with Crippen molar-refractivity contribution in [3.05, 3.63) is 114 Å². The van der Waals surface area contributed by atoms with Gasteiger partial charge in [-0.1, -0.05) is 60.7 Å². The minimum Gasteiger partial charge on any atom is -0.338 e. The van der Waals surface area contributed by atoms with Gasteiger partial charge in [-0.3, -0.25) is 9.59 Å². The van der Waals surface area contributed by atoms with Crippen LogP contribution in [0.25, 0.3) is 10.8 Å². The molecule has 1 fully saturated rings. The zero-order valence-corrected chi connectivity index (χ0v) is 22.5. The highest BCUT2D eigenvalue weighted by molar-refractivity contribution is 7.89. The molecule has 9 heteroatoms. The zero-order valence-electron chi connectivity index (χ0n) is 21.7. The number of piperazine rings is 1. The Bertz CT molecular complexity index is 1690. The van der Waals surface area contributed by atoms with Crippen molar-refractivity contribution in [2.45, 2.75) is 17.4 Å². The van der Waals surface area contributed by atoms with Crippen LogP contribution in [0.3, 0.4) is 0 Å². The lowest BCUT2D eigenvalue weighted by atomic mass is 10.0. The first kappa shape index (κ1) is 27.1. The highest BCUT2D eigenvalue weighted by atomic mass is 32.2. The summed E-state index contributed by atoms with van der Waals surface area (Å²) >= 11 is 0. The molecule has 1 unspecified atom stereocenters. The fourth-order valence-corrected chi connectivity index (χ4v) is 6.11. The van der Waals surface area contributed by atoms with E-state index in [2.05, 4.69) is 10.8 Å². The maximum absolute atomic E-state index is 13.8. The van der Waals surface area contributed by atoms with E-state index in [0.29, 0.717) is 29.8 Å². The highest BCUT2D eigenvalue weighted by Gasteiger charge is 2.32. The molecule has 2 amide bonds. The summed E-state index contributed by atoms with van der Waals surface area (Å²) in [6.07, 6.45) is 0.0737. The lowest BCUT2D eigenvalue weighted by molar-refractivity contribution is -0.134. The lowest BCUT2D eigenvalue weighted by Crippen LogP contribution is -2.56. The largest absolute Gasteiger partial charge is 0.338 e. The Balaban J connectivity index is 1.36.